The van der Waals surface area contributed by atoms with Crippen LogP contribution in [0.5, 0.6) is 0 Å². The van der Waals surface area contributed by atoms with Crippen LogP contribution in [0.1, 0.15) is 31.8 Å². The molecule has 158 valence electrons. The molecule has 32 heavy (non-hydrogen) atoms. The number of hydrogen-bond donors (Lipinski definition) is 1. The molecule has 5 heteroatoms. The van der Waals surface area contributed by atoms with Crippen LogP contribution in [0.3, 0.4) is 0 Å². The summed E-state index contributed by atoms with van der Waals surface area (Å²) in [4.78, 5) is 30.3. The monoisotopic (exact) mass is 422 g/mol. The lowest BCUT2D eigenvalue weighted by Gasteiger charge is -2.15. The lowest BCUT2D eigenvalue weighted by atomic mass is 9.95. The van der Waals surface area contributed by atoms with Crippen LogP contribution in [-0.2, 0) is 17.9 Å². The lowest BCUT2D eigenvalue weighted by Crippen LogP contribution is -2.25. The average Bonchev–Trinajstić information content (AvgIpc) is 2.87. The van der Waals surface area contributed by atoms with Crippen molar-refractivity contribution in [3.63, 3.8) is 0 Å². The number of hydrogen-bond acceptors (Lipinski definition) is 4. The number of pyridine rings is 1. The maximum Gasteiger partial charge on any atom is 0.339 e. The lowest BCUT2D eigenvalue weighted by molar-refractivity contribution is 0.0470. The van der Waals surface area contributed by atoms with Crippen LogP contribution < -0.4 is 5.32 Å². The second-order valence-corrected chi connectivity index (χ2v) is 7.20. The molecule has 0 aliphatic rings. The quantitative estimate of drug-likeness (QED) is 0.424. The van der Waals surface area contributed by atoms with Crippen LogP contribution in [-0.4, -0.2) is 16.9 Å². The highest BCUT2D eigenvalue weighted by molar-refractivity contribution is 6.09. The molecule has 0 saturated heterocycles. The van der Waals surface area contributed by atoms with Gasteiger partial charge in [-0.2, -0.15) is 0 Å². The van der Waals surface area contributed by atoms with E-state index in [4.69, 9.17) is 4.74 Å². The number of aromatic nitrogens is 1. The van der Waals surface area contributed by atoms with Gasteiger partial charge < -0.3 is 10.1 Å². The molecule has 1 heterocycles. The first kappa shape index (κ1) is 21.0. The van der Waals surface area contributed by atoms with Gasteiger partial charge in [0.05, 0.1) is 11.1 Å². The number of benzene rings is 3. The summed E-state index contributed by atoms with van der Waals surface area (Å²) in [6.07, 6.45) is 3.37. The number of carbonyl (C=O) groups is 2. The number of nitrogens with zero attached hydrogens (tertiary/aromatic N) is 1. The van der Waals surface area contributed by atoms with Gasteiger partial charge in [0.15, 0.2) is 0 Å². The van der Waals surface area contributed by atoms with Gasteiger partial charge in [-0.25, -0.2) is 4.79 Å². The predicted octanol–water partition coefficient (Wildman–Crippen LogP) is 5.04. The Morgan fingerprint density at radius 3 is 2.22 bits per heavy atom. The zero-order valence-electron chi connectivity index (χ0n) is 17.4. The summed E-state index contributed by atoms with van der Waals surface area (Å²) >= 11 is 0. The fraction of sp³-hybridized carbons (Fsp3) is 0.0741. The molecule has 1 N–H and O–H groups in total. The molecule has 0 aliphatic carbocycles. The Morgan fingerprint density at radius 1 is 0.781 bits per heavy atom. The molecule has 0 spiro atoms. The summed E-state index contributed by atoms with van der Waals surface area (Å²) in [5, 5.41) is 2.88. The topological polar surface area (TPSA) is 68.3 Å². The van der Waals surface area contributed by atoms with Gasteiger partial charge in [0, 0.05) is 18.9 Å². The van der Waals surface area contributed by atoms with E-state index in [0.717, 1.165) is 16.7 Å². The molecule has 1 amide bonds. The minimum atomic E-state index is -0.542. The Bertz CT molecular complexity index is 1190. The van der Waals surface area contributed by atoms with Crippen LogP contribution in [0.4, 0.5) is 0 Å². The number of rotatable bonds is 7. The number of ether oxygens (including phenoxy) is 1. The van der Waals surface area contributed by atoms with Crippen LogP contribution >= 0.6 is 0 Å². The van der Waals surface area contributed by atoms with Gasteiger partial charge in [0.25, 0.3) is 5.91 Å². The zero-order valence-corrected chi connectivity index (χ0v) is 17.4. The van der Waals surface area contributed by atoms with Crippen molar-refractivity contribution in [1.82, 2.24) is 10.3 Å². The highest BCUT2D eigenvalue weighted by atomic mass is 16.5. The maximum absolute atomic E-state index is 13.2. The van der Waals surface area contributed by atoms with Crippen molar-refractivity contribution in [3.05, 3.63) is 126 Å². The van der Waals surface area contributed by atoms with Crippen molar-refractivity contribution in [2.45, 2.75) is 13.2 Å². The Labute approximate surface area is 186 Å². The van der Waals surface area contributed by atoms with Crippen molar-refractivity contribution < 1.29 is 14.3 Å². The molecular formula is C27H22N2O3. The summed E-state index contributed by atoms with van der Waals surface area (Å²) in [5.74, 6) is -0.891. The normalized spacial score (nSPS) is 10.4. The molecule has 0 unspecified atom stereocenters. The molecular weight excluding hydrogens is 400 g/mol. The van der Waals surface area contributed by atoms with Gasteiger partial charge in [-0.1, -0.05) is 78.9 Å². The third-order valence-electron chi connectivity index (χ3n) is 4.99. The van der Waals surface area contributed by atoms with Gasteiger partial charge >= 0.3 is 5.97 Å². The molecule has 0 atom stereocenters. The smallest absolute Gasteiger partial charge is 0.339 e. The summed E-state index contributed by atoms with van der Waals surface area (Å²) in [7, 11) is 0. The first-order chi connectivity index (χ1) is 15.7. The van der Waals surface area contributed by atoms with E-state index in [0.29, 0.717) is 12.1 Å². The fourth-order valence-electron chi connectivity index (χ4n) is 3.40. The minimum Gasteiger partial charge on any atom is -0.457 e. The van der Waals surface area contributed by atoms with Crippen LogP contribution in [0.15, 0.2) is 103 Å². The molecule has 5 nitrogen and oxygen atoms in total. The summed E-state index contributed by atoms with van der Waals surface area (Å²) in [5.41, 5.74) is 3.75. The van der Waals surface area contributed by atoms with E-state index in [9.17, 15) is 9.59 Å². The molecule has 3 aromatic carbocycles. The molecule has 0 saturated carbocycles. The molecule has 0 fully saturated rings. The number of carbonyl (C=O) groups excluding carboxylic acids is 2. The zero-order chi connectivity index (χ0) is 22.2. The third-order valence-corrected chi connectivity index (χ3v) is 4.99. The minimum absolute atomic E-state index is 0.125. The number of amides is 1. The van der Waals surface area contributed by atoms with Gasteiger partial charge in [-0.3, -0.25) is 9.78 Å². The van der Waals surface area contributed by atoms with Gasteiger partial charge in [-0.15, -0.1) is 0 Å². The van der Waals surface area contributed by atoms with E-state index in [2.05, 4.69) is 10.3 Å². The first-order valence-electron chi connectivity index (χ1n) is 10.3. The molecule has 0 aliphatic heterocycles. The van der Waals surface area contributed by atoms with Crippen molar-refractivity contribution in [1.29, 1.82) is 0 Å². The van der Waals surface area contributed by atoms with E-state index < -0.39 is 5.97 Å². The second-order valence-electron chi connectivity index (χ2n) is 7.20. The van der Waals surface area contributed by atoms with Crippen LogP contribution in [0, 0.1) is 0 Å². The maximum atomic E-state index is 13.2. The van der Waals surface area contributed by atoms with Crippen molar-refractivity contribution in [2.24, 2.45) is 0 Å². The molecule has 0 radical (unpaired) electrons. The van der Waals surface area contributed by atoms with Gasteiger partial charge in [0.1, 0.15) is 6.61 Å². The Kier molecular flexibility index (Phi) is 6.68. The summed E-state index contributed by atoms with van der Waals surface area (Å²) in [6.45, 7) is 0.431. The van der Waals surface area contributed by atoms with Crippen molar-refractivity contribution in [3.8, 4) is 11.1 Å². The molecule has 1 aromatic heterocycles. The molecule has 0 bridgehead atoms. The van der Waals surface area contributed by atoms with E-state index in [-0.39, 0.29) is 23.6 Å². The molecule has 4 aromatic rings. The van der Waals surface area contributed by atoms with E-state index >= 15 is 0 Å². The Morgan fingerprint density at radius 2 is 1.50 bits per heavy atom. The number of esters is 1. The van der Waals surface area contributed by atoms with Crippen LogP contribution in [0.2, 0.25) is 0 Å². The first-order valence-corrected chi connectivity index (χ1v) is 10.3. The largest absolute Gasteiger partial charge is 0.457 e. The van der Waals surface area contributed by atoms with E-state index in [1.54, 1.807) is 24.5 Å². The second kappa shape index (κ2) is 10.2. The fourth-order valence-corrected chi connectivity index (χ4v) is 3.40. The highest BCUT2D eigenvalue weighted by Crippen LogP contribution is 2.27. The number of nitrogens with one attached hydrogen (secondary N) is 1. The van der Waals surface area contributed by atoms with Gasteiger partial charge in [0.2, 0.25) is 0 Å². The Balaban J connectivity index is 1.64. The van der Waals surface area contributed by atoms with Crippen molar-refractivity contribution >= 4 is 11.9 Å². The predicted molar refractivity (Wildman–Crippen MR) is 123 cm³/mol. The van der Waals surface area contributed by atoms with E-state index in [1.807, 2.05) is 78.9 Å². The molecule has 4 rings (SSSR count). The Hall–Kier alpha value is -4.25. The highest BCUT2D eigenvalue weighted by Gasteiger charge is 2.23. The van der Waals surface area contributed by atoms with Gasteiger partial charge in [-0.05, 0) is 34.4 Å². The average molecular weight is 422 g/mol. The SMILES string of the molecule is O=C(NCc1cccnc1)c1cccc(-c2ccccc2)c1C(=O)OCc1ccccc1. The third kappa shape index (κ3) is 5.08. The standard InChI is InChI=1S/C27H22N2O3/c30-26(29-18-21-11-8-16-28-17-21)24-15-7-14-23(22-12-5-2-6-13-22)25(24)27(31)32-19-20-9-3-1-4-10-20/h1-17H,18-19H2,(H,29,30). The summed E-state index contributed by atoms with van der Waals surface area (Å²) in [6, 6.07) is 27.9. The van der Waals surface area contributed by atoms with Crippen LogP contribution in [0.25, 0.3) is 11.1 Å². The summed E-state index contributed by atoms with van der Waals surface area (Å²) < 4.78 is 5.60. The van der Waals surface area contributed by atoms with Crippen molar-refractivity contribution in [2.75, 3.05) is 0 Å². The van der Waals surface area contributed by atoms with E-state index in [1.165, 1.54) is 0 Å².